The molecular formula is C12H21NO4. The van der Waals surface area contributed by atoms with E-state index in [0.717, 1.165) is 38.9 Å². The quantitative estimate of drug-likeness (QED) is 0.669. The molecule has 1 aliphatic heterocycles. The minimum absolute atomic E-state index is 0.0526. The molecule has 0 aliphatic carbocycles. The molecule has 1 saturated heterocycles. The van der Waals surface area contributed by atoms with E-state index in [0.29, 0.717) is 6.42 Å². The summed E-state index contributed by atoms with van der Waals surface area (Å²) in [5, 5.41) is 0. The van der Waals surface area contributed by atoms with Gasteiger partial charge in [0.25, 0.3) is 0 Å². The predicted molar refractivity (Wildman–Crippen MR) is 62.4 cm³/mol. The third-order valence-electron chi connectivity index (χ3n) is 3.21. The fourth-order valence-corrected chi connectivity index (χ4v) is 2.11. The molecule has 1 heterocycles. The molecule has 0 amide bonds. The summed E-state index contributed by atoms with van der Waals surface area (Å²) in [6, 6.07) is 0. The largest absolute Gasteiger partial charge is 0.469 e. The van der Waals surface area contributed by atoms with Crippen LogP contribution in [0.3, 0.4) is 0 Å². The number of esters is 2. The molecular weight excluding hydrogens is 222 g/mol. The lowest BCUT2D eigenvalue weighted by Crippen LogP contribution is -2.37. The van der Waals surface area contributed by atoms with Gasteiger partial charge >= 0.3 is 11.9 Å². The molecule has 5 heteroatoms. The van der Waals surface area contributed by atoms with Crippen LogP contribution in [0.4, 0.5) is 0 Å². The summed E-state index contributed by atoms with van der Waals surface area (Å²) in [7, 11) is 2.84. The van der Waals surface area contributed by atoms with Crippen LogP contribution in [-0.4, -0.2) is 50.7 Å². The zero-order valence-electron chi connectivity index (χ0n) is 10.6. The van der Waals surface area contributed by atoms with E-state index in [9.17, 15) is 9.59 Å². The second-order valence-electron chi connectivity index (χ2n) is 4.32. The highest BCUT2D eigenvalue weighted by atomic mass is 16.5. The van der Waals surface area contributed by atoms with Crippen LogP contribution in [0.2, 0.25) is 0 Å². The van der Waals surface area contributed by atoms with E-state index in [1.807, 2.05) is 0 Å². The summed E-state index contributed by atoms with van der Waals surface area (Å²) >= 11 is 0. The molecule has 0 spiro atoms. The van der Waals surface area contributed by atoms with Gasteiger partial charge in [-0.15, -0.1) is 0 Å². The average molecular weight is 243 g/mol. The van der Waals surface area contributed by atoms with Gasteiger partial charge in [-0.1, -0.05) is 0 Å². The van der Waals surface area contributed by atoms with Gasteiger partial charge in [-0.3, -0.25) is 9.59 Å². The maximum Gasteiger partial charge on any atom is 0.308 e. The van der Waals surface area contributed by atoms with Crippen molar-refractivity contribution in [2.75, 3.05) is 33.9 Å². The third kappa shape index (κ3) is 4.73. The van der Waals surface area contributed by atoms with E-state index >= 15 is 0 Å². The van der Waals surface area contributed by atoms with Gasteiger partial charge < -0.3 is 14.4 Å². The Balaban J connectivity index is 2.15. The highest BCUT2D eigenvalue weighted by Gasteiger charge is 2.25. The van der Waals surface area contributed by atoms with Gasteiger partial charge in [0.2, 0.25) is 0 Å². The van der Waals surface area contributed by atoms with Gasteiger partial charge in [0, 0.05) is 6.42 Å². The molecule has 98 valence electrons. The molecule has 1 rings (SSSR count). The first kappa shape index (κ1) is 14.0. The van der Waals surface area contributed by atoms with Gasteiger partial charge in [0.05, 0.1) is 20.1 Å². The number of nitrogens with zero attached hydrogens (tertiary/aromatic N) is 1. The number of hydrogen-bond donors (Lipinski definition) is 0. The average Bonchev–Trinajstić information content (AvgIpc) is 2.38. The zero-order chi connectivity index (χ0) is 12.7. The Morgan fingerprint density at radius 1 is 1.18 bits per heavy atom. The molecule has 0 aromatic heterocycles. The number of carbonyl (C=O) groups is 2. The van der Waals surface area contributed by atoms with Crippen LogP contribution in [-0.2, 0) is 19.1 Å². The van der Waals surface area contributed by atoms with Crippen LogP contribution in [0.5, 0.6) is 0 Å². The van der Waals surface area contributed by atoms with Crippen LogP contribution < -0.4 is 0 Å². The molecule has 0 unspecified atom stereocenters. The van der Waals surface area contributed by atoms with Crippen molar-refractivity contribution < 1.29 is 19.1 Å². The predicted octanol–water partition coefficient (Wildman–Crippen LogP) is 0.825. The molecule has 0 saturated carbocycles. The fraction of sp³-hybridized carbons (Fsp3) is 0.833. The molecule has 0 aromatic rings. The number of piperidine rings is 1. The topological polar surface area (TPSA) is 55.8 Å². The number of likely N-dealkylation sites (tertiary alicyclic amines) is 1. The van der Waals surface area contributed by atoms with E-state index in [-0.39, 0.29) is 17.9 Å². The summed E-state index contributed by atoms with van der Waals surface area (Å²) in [6.45, 7) is 2.70. The van der Waals surface area contributed by atoms with Crippen molar-refractivity contribution in [2.24, 2.45) is 5.92 Å². The van der Waals surface area contributed by atoms with E-state index in [4.69, 9.17) is 4.74 Å². The normalized spacial score (nSPS) is 17.8. The fourth-order valence-electron chi connectivity index (χ4n) is 2.11. The molecule has 0 bridgehead atoms. The zero-order valence-corrected chi connectivity index (χ0v) is 10.6. The summed E-state index contributed by atoms with van der Waals surface area (Å²) < 4.78 is 9.32. The Hall–Kier alpha value is -1.10. The van der Waals surface area contributed by atoms with Gasteiger partial charge in [0.1, 0.15) is 0 Å². The monoisotopic (exact) mass is 243 g/mol. The summed E-state index contributed by atoms with van der Waals surface area (Å²) in [4.78, 5) is 24.5. The van der Waals surface area contributed by atoms with Crippen LogP contribution in [0.1, 0.15) is 25.7 Å². The van der Waals surface area contributed by atoms with Crippen molar-refractivity contribution >= 4 is 11.9 Å². The Morgan fingerprint density at radius 2 is 1.82 bits per heavy atom. The first-order chi connectivity index (χ1) is 8.17. The van der Waals surface area contributed by atoms with Crippen molar-refractivity contribution in [3.05, 3.63) is 0 Å². The molecule has 17 heavy (non-hydrogen) atoms. The molecule has 0 atom stereocenters. The number of methoxy groups -OCH3 is 2. The lowest BCUT2D eigenvalue weighted by Gasteiger charge is -2.30. The lowest BCUT2D eigenvalue weighted by atomic mass is 9.97. The van der Waals surface area contributed by atoms with Crippen LogP contribution in [0.25, 0.3) is 0 Å². The Kier molecular flexibility index (Phi) is 5.97. The molecule has 1 fully saturated rings. The molecule has 0 N–H and O–H groups in total. The lowest BCUT2D eigenvalue weighted by molar-refractivity contribution is -0.147. The van der Waals surface area contributed by atoms with Gasteiger partial charge in [0.15, 0.2) is 0 Å². The van der Waals surface area contributed by atoms with E-state index < -0.39 is 0 Å². The summed E-state index contributed by atoms with van der Waals surface area (Å²) in [6.07, 6.45) is 2.98. The van der Waals surface area contributed by atoms with Crippen molar-refractivity contribution in [3.8, 4) is 0 Å². The third-order valence-corrected chi connectivity index (χ3v) is 3.21. The van der Waals surface area contributed by atoms with E-state index in [1.54, 1.807) is 0 Å². The first-order valence-electron chi connectivity index (χ1n) is 6.04. The molecule has 5 nitrogen and oxygen atoms in total. The number of carbonyl (C=O) groups excluding carboxylic acids is 2. The Morgan fingerprint density at radius 3 is 2.35 bits per heavy atom. The standard InChI is InChI=1S/C12H21NO4/c1-16-11(14)4-3-7-13-8-5-10(6-9-13)12(15)17-2/h10H,3-9H2,1-2H3. The Labute approximate surface area is 102 Å². The SMILES string of the molecule is COC(=O)CCCN1CCC(C(=O)OC)CC1. The highest BCUT2D eigenvalue weighted by Crippen LogP contribution is 2.18. The molecule has 0 aromatic carbocycles. The van der Waals surface area contributed by atoms with Crippen LogP contribution in [0, 0.1) is 5.92 Å². The van der Waals surface area contributed by atoms with Crippen molar-refractivity contribution in [2.45, 2.75) is 25.7 Å². The van der Waals surface area contributed by atoms with Crippen molar-refractivity contribution in [1.29, 1.82) is 0 Å². The minimum Gasteiger partial charge on any atom is -0.469 e. The molecule has 1 aliphatic rings. The Bertz CT molecular complexity index is 256. The smallest absolute Gasteiger partial charge is 0.308 e. The molecule has 0 radical (unpaired) electrons. The minimum atomic E-state index is -0.158. The maximum absolute atomic E-state index is 11.3. The van der Waals surface area contributed by atoms with Crippen molar-refractivity contribution in [1.82, 2.24) is 4.90 Å². The first-order valence-corrected chi connectivity index (χ1v) is 6.04. The van der Waals surface area contributed by atoms with Gasteiger partial charge in [-0.25, -0.2) is 0 Å². The number of hydrogen-bond acceptors (Lipinski definition) is 5. The van der Waals surface area contributed by atoms with Crippen LogP contribution in [0.15, 0.2) is 0 Å². The van der Waals surface area contributed by atoms with Crippen molar-refractivity contribution in [3.63, 3.8) is 0 Å². The number of rotatable bonds is 5. The maximum atomic E-state index is 11.3. The van der Waals surface area contributed by atoms with E-state index in [1.165, 1.54) is 14.2 Å². The second-order valence-corrected chi connectivity index (χ2v) is 4.32. The van der Waals surface area contributed by atoms with Crippen LogP contribution >= 0.6 is 0 Å². The summed E-state index contributed by atoms with van der Waals surface area (Å²) in [5.74, 6) is -0.203. The highest BCUT2D eigenvalue weighted by molar-refractivity contribution is 5.72. The number of ether oxygens (including phenoxy) is 2. The summed E-state index contributed by atoms with van der Waals surface area (Å²) in [5.41, 5.74) is 0. The van der Waals surface area contributed by atoms with E-state index in [2.05, 4.69) is 9.64 Å². The van der Waals surface area contributed by atoms with Gasteiger partial charge in [-0.2, -0.15) is 0 Å². The van der Waals surface area contributed by atoms with Gasteiger partial charge in [-0.05, 0) is 38.9 Å². The second kappa shape index (κ2) is 7.27.